The van der Waals surface area contributed by atoms with E-state index in [1.807, 2.05) is 36.9 Å². The van der Waals surface area contributed by atoms with E-state index in [9.17, 15) is 4.79 Å². The number of aromatic amines is 1. The molecule has 8 heteroatoms. The summed E-state index contributed by atoms with van der Waals surface area (Å²) < 4.78 is 2.00. The molecule has 8 nitrogen and oxygen atoms in total. The standard InChI is InChI=1S/C23H27N7O/c1-24-22-19-20(30(2)13-26-19)16-11-18(28-21(16)29-22)17-10-6-9-15(27-17)12-25-23(31)14-7-4-3-5-8-14/h6,9-11,13-14H,3-5,7-8,12H2,1-2H3,(H,25,31)(H2,24,28,29). The lowest BCUT2D eigenvalue weighted by atomic mass is 9.89. The molecule has 0 atom stereocenters. The lowest BCUT2D eigenvalue weighted by Gasteiger charge is -2.20. The fourth-order valence-corrected chi connectivity index (χ4v) is 4.53. The quantitative estimate of drug-likeness (QED) is 0.459. The average Bonchev–Trinajstić information content (AvgIpc) is 3.41. The molecule has 3 N–H and O–H groups in total. The van der Waals surface area contributed by atoms with Crippen LogP contribution in [-0.4, -0.2) is 37.5 Å². The number of carbonyl (C=O) groups excluding carboxylic acids is 1. The van der Waals surface area contributed by atoms with Gasteiger partial charge in [-0.1, -0.05) is 25.3 Å². The van der Waals surface area contributed by atoms with Gasteiger partial charge in [-0.3, -0.25) is 4.79 Å². The summed E-state index contributed by atoms with van der Waals surface area (Å²) in [6.07, 6.45) is 7.34. The van der Waals surface area contributed by atoms with Gasteiger partial charge in [-0.05, 0) is 31.0 Å². The number of rotatable bonds is 5. The molecule has 0 spiro atoms. The van der Waals surface area contributed by atoms with Crippen LogP contribution in [0.25, 0.3) is 33.5 Å². The molecule has 0 aliphatic heterocycles. The minimum absolute atomic E-state index is 0.152. The number of hydrogen-bond acceptors (Lipinski definition) is 5. The summed E-state index contributed by atoms with van der Waals surface area (Å²) in [6.45, 7) is 0.442. The van der Waals surface area contributed by atoms with E-state index in [4.69, 9.17) is 4.98 Å². The van der Waals surface area contributed by atoms with Crippen LogP contribution in [0.1, 0.15) is 37.8 Å². The Bertz CT molecular complexity index is 1250. The van der Waals surface area contributed by atoms with Crippen molar-refractivity contribution in [2.75, 3.05) is 12.4 Å². The summed E-state index contributed by atoms with van der Waals surface area (Å²) in [6, 6.07) is 7.96. The third-order valence-electron chi connectivity index (χ3n) is 6.18. The summed E-state index contributed by atoms with van der Waals surface area (Å²) in [5.74, 6) is 1.04. The predicted octanol–water partition coefficient (Wildman–Crippen LogP) is 3.75. The van der Waals surface area contributed by atoms with E-state index in [1.54, 1.807) is 6.33 Å². The van der Waals surface area contributed by atoms with Crippen LogP contribution < -0.4 is 10.6 Å². The van der Waals surface area contributed by atoms with E-state index in [0.717, 1.165) is 70.6 Å². The molecule has 4 heterocycles. The molecule has 1 aliphatic carbocycles. The van der Waals surface area contributed by atoms with Crippen LogP contribution in [0.2, 0.25) is 0 Å². The number of aryl methyl sites for hydroxylation is 1. The number of anilines is 1. The number of imidazole rings is 1. The van der Waals surface area contributed by atoms with Crippen LogP contribution in [0.3, 0.4) is 0 Å². The van der Waals surface area contributed by atoms with E-state index in [1.165, 1.54) is 6.42 Å². The van der Waals surface area contributed by atoms with Crippen molar-refractivity contribution < 1.29 is 4.79 Å². The summed E-state index contributed by atoms with van der Waals surface area (Å²) in [7, 11) is 3.83. The van der Waals surface area contributed by atoms with Crippen molar-refractivity contribution in [3.05, 3.63) is 36.3 Å². The van der Waals surface area contributed by atoms with Gasteiger partial charge in [0, 0.05) is 25.4 Å². The molecule has 0 radical (unpaired) electrons. The van der Waals surface area contributed by atoms with Gasteiger partial charge in [0.25, 0.3) is 0 Å². The van der Waals surface area contributed by atoms with Gasteiger partial charge in [0.2, 0.25) is 5.91 Å². The summed E-state index contributed by atoms with van der Waals surface area (Å²) in [4.78, 5) is 29.8. The van der Waals surface area contributed by atoms with E-state index in [0.29, 0.717) is 6.54 Å². The Kier molecular flexibility index (Phi) is 5.05. The lowest BCUT2D eigenvalue weighted by Crippen LogP contribution is -2.31. The maximum Gasteiger partial charge on any atom is 0.223 e. The summed E-state index contributed by atoms with van der Waals surface area (Å²) in [5.41, 5.74) is 5.20. The first kappa shape index (κ1) is 19.5. The van der Waals surface area contributed by atoms with E-state index < -0.39 is 0 Å². The fraction of sp³-hybridized carbons (Fsp3) is 0.391. The van der Waals surface area contributed by atoms with E-state index in [2.05, 4.69) is 31.7 Å². The number of fused-ring (bicyclic) bond motifs is 3. The fourth-order valence-electron chi connectivity index (χ4n) is 4.53. The third kappa shape index (κ3) is 3.62. The van der Waals surface area contributed by atoms with Gasteiger partial charge in [0.1, 0.15) is 11.2 Å². The normalized spacial score (nSPS) is 14.9. The molecule has 31 heavy (non-hydrogen) atoms. The molecule has 1 saturated carbocycles. The Labute approximate surface area is 180 Å². The van der Waals surface area contributed by atoms with Gasteiger partial charge in [-0.15, -0.1) is 0 Å². The van der Waals surface area contributed by atoms with Crippen molar-refractivity contribution in [1.82, 2.24) is 29.8 Å². The Hall–Kier alpha value is -3.42. The van der Waals surface area contributed by atoms with Crippen LogP contribution in [0.15, 0.2) is 30.6 Å². The molecule has 0 saturated heterocycles. The molecule has 0 aromatic carbocycles. The molecule has 0 bridgehead atoms. The first-order valence-electron chi connectivity index (χ1n) is 10.9. The molecule has 0 unspecified atom stereocenters. The largest absolute Gasteiger partial charge is 0.371 e. The Morgan fingerprint density at radius 1 is 1.23 bits per heavy atom. The highest BCUT2D eigenvalue weighted by molar-refractivity contribution is 6.07. The molecule has 1 amide bonds. The van der Waals surface area contributed by atoms with Gasteiger partial charge in [-0.2, -0.15) is 0 Å². The van der Waals surface area contributed by atoms with Crippen LogP contribution in [0.4, 0.5) is 5.82 Å². The number of pyridine rings is 2. The second-order valence-electron chi connectivity index (χ2n) is 8.28. The molecule has 1 aliphatic rings. The maximum atomic E-state index is 12.5. The molecule has 4 aromatic heterocycles. The Morgan fingerprint density at radius 2 is 2.06 bits per heavy atom. The zero-order valence-electron chi connectivity index (χ0n) is 17.9. The number of carbonyl (C=O) groups is 1. The van der Waals surface area contributed by atoms with Crippen LogP contribution in [-0.2, 0) is 18.4 Å². The number of hydrogen-bond donors (Lipinski definition) is 3. The predicted molar refractivity (Wildman–Crippen MR) is 122 cm³/mol. The molecule has 5 rings (SSSR count). The SMILES string of the molecule is CNc1nc2[nH]c(-c3cccc(CNC(=O)C4CCCCC4)n3)cc2c2c1ncn2C. The average molecular weight is 418 g/mol. The number of H-pyrrole nitrogens is 1. The third-order valence-corrected chi connectivity index (χ3v) is 6.18. The molecule has 160 valence electrons. The highest BCUT2D eigenvalue weighted by Crippen LogP contribution is 2.31. The second kappa shape index (κ2) is 8.02. The zero-order valence-corrected chi connectivity index (χ0v) is 17.9. The molecular formula is C23H27N7O. The first-order chi connectivity index (χ1) is 15.1. The minimum Gasteiger partial charge on any atom is -0.371 e. The second-order valence-corrected chi connectivity index (χ2v) is 8.28. The van der Waals surface area contributed by atoms with Crippen molar-refractivity contribution in [3.63, 3.8) is 0 Å². The van der Waals surface area contributed by atoms with Gasteiger partial charge in [-0.25, -0.2) is 15.0 Å². The minimum atomic E-state index is 0.152. The van der Waals surface area contributed by atoms with Crippen molar-refractivity contribution in [3.8, 4) is 11.4 Å². The molecule has 4 aromatic rings. The molecular weight excluding hydrogens is 390 g/mol. The summed E-state index contributed by atoms with van der Waals surface area (Å²) >= 11 is 0. The van der Waals surface area contributed by atoms with Crippen LogP contribution >= 0.6 is 0 Å². The number of amides is 1. The van der Waals surface area contributed by atoms with Crippen LogP contribution in [0, 0.1) is 5.92 Å². The van der Waals surface area contributed by atoms with Crippen LogP contribution in [0.5, 0.6) is 0 Å². The highest BCUT2D eigenvalue weighted by atomic mass is 16.1. The van der Waals surface area contributed by atoms with Gasteiger partial charge < -0.3 is 20.2 Å². The number of nitrogens with zero attached hydrogens (tertiary/aromatic N) is 4. The van der Waals surface area contributed by atoms with Gasteiger partial charge in [0.05, 0.1) is 35.5 Å². The lowest BCUT2D eigenvalue weighted by molar-refractivity contribution is -0.126. The van der Waals surface area contributed by atoms with Gasteiger partial charge in [0.15, 0.2) is 5.82 Å². The maximum absolute atomic E-state index is 12.5. The Morgan fingerprint density at radius 3 is 2.87 bits per heavy atom. The monoisotopic (exact) mass is 417 g/mol. The van der Waals surface area contributed by atoms with Crippen molar-refractivity contribution in [2.45, 2.75) is 38.6 Å². The van der Waals surface area contributed by atoms with Gasteiger partial charge >= 0.3 is 0 Å². The number of nitrogens with one attached hydrogen (secondary N) is 3. The molecule has 1 fully saturated rings. The topological polar surface area (TPSA) is 101 Å². The van der Waals surface area contributed by atoms with E-state index in [-0.39, 0.29) is 11.8 Å². The highest BCUT2D eigenvalue weighted by Gasteiger charge is 2.21. The van der Waals surface area contributed by atoms with Crippen molar-refractivity contribution >= 4 is 33.8 Å². The Balaban J connectivity index is 1.42. The van der Waals surface area contributed by atoms with E-state index >= 15 is 0 Å². The zero-order chi connectivity index (χ0) is 21.4. The summed E-state index contributed by atoms with van der Waals surface area (Å²) in [5, 5.41) is 7.20. The van der Waals surface area contributed by atoms with Crippen molar-refractivity contribution in [2.24, 2.45) is 13.0 Å². The van der Waals surface area contributed by atoms with Crippen molar-refractivity contribution in [1.29, 1.82) is 0 Å². The number of aromatic nitrogens is 5. The smallest absolute Gasteiger partial charge is 0.223 e. The first-order valence-corrected chi connectivity index (χ1v) is 10.9.